The number of aromatic nitrogens is 3. The minimum Gasteiger partial charge on any atom is -0.365 e. The van der Waals surface area contributed by atoms with E-state index in [4.69, 9.17) is 0 Å². The van der Waals surface area contributed by atoms with Crippen molar-refractivity contribution in [2.45, 2.75) is 32.0 Å². The lowest BCUT2D eigenvalue weighted by Crippen LogP contribution is -2.51. The smallest absolute Gasteiger partial charge is 0.365 e. The van der Waals surface area contributed by atoms with Crippen LogP contribution in [0.3, 0.4) is 0 Å². The molecule has 1 N–H and O–H groups in total. The van der Waals surface area contributed by atoms with Crippen molar-refractivity contribution in [2.24, 2.45) is 0 Å². The van der Waals surface area contributed by atoms with E-state index in [0.29, 0.717) is 18.1 Å². The van der Waals surface area contributed by atoms with E-state index in [1.807, 2.05) is 0 Å². The number of rotatable bonds is 3. The van der Waals surface area contributed by atoms with Crippen molar-refractivity contribution in [3.8, 4) is 0 Å². The molecule has 0 aliphatic carbocycles. The van der Waals surface area contributed by atoms with Crippen LogP contribution in [-0.4, -0.2) is 58.0 Å². The Hall–Kier alpha value is -1.64. The first kappa shape index (κ1) is 14.8. The van der Waals surface area contributed by atoms with Gasteiger partial charge in [0.15, 0.2) is 11.9 Å². The standard InChI is InChI=1S/C11H15F3N4O2/c1-7-15-9(17-16-7)2-3-10(19)18-4-5-20-8(6-18)11(12,13)14/h8H,2-6H2,1H3,(H,15,16,17)/t8-/m1/s1. The zero-order valence-corrected chi connectivity index (χ0v) is 10.9. The molecule has 1 amide bonds. The fourth-order valence-corrected chi connectivity index (χ4v) is 1.95. The van der Waals surface area contributed by atoms with Gasteiger partial charge in [0.25, 0.3) is 0 Å². The van der Waals surface area contributed by atoms with Gasteiger partial charge in [0.05, 0.1) is 13.2 Å². The zero-order chi connectivity index (χ0) is 14.8. The molecule has 0 saturated carbocycles. The number of halogens is 3. The lowest BCUT2D eigenvalue weighted by Gasteiger charge is -2.33. The summed E-state index contributed by atoms with van der Waals surface area (Å²) in [7, 11) is 0. The molecule has 20 heavy (non-hydrogen) atoms. The van der Waals surface area contributed by atoms with E-state index in [1.54, 1.807) is 6.92 Å². The number of ether oxygens (including phenoxy) is 1. The SMILES string of the molecule is Cc1nc(CCC(=O)N2CCO[C@@H](C(F)(F)F)C2)n[nH]1. The summed E-state index contributed by atoms with van der Waals surface area (Å²) in [5.74, 6) is 0.775. The average Bonchev–Trinajstić information content (AvgIpc) is 2.81. The molecule has 2 rings (SSSR count). The molecule has 0 unspecified atom stereocenters. The predicted molar refractivity (Wildman–Crippen MR) is 61.8 cm³/mol. The molecule has 1 aliphatic heterocycles. The fourth-order valence-electron chi connectivity index (χ4n) is 1.95. The summed E-state index contributed by atoms with van der Waals surface area (Å²) >= 11 is 0. The van der Waals surface area contributed by atoms with E-state index in [1.165, 1.54) is 4.90 Å². The quantitative estimate of drug-likeness (QED) is 0.896. The Morgan fingerprint density at radius 3 is 2.90 bits per heavy atom. The summed E-state index contributed by atoms with van der Waals surface area (Å²) < 4.78 is 42.3. The highest BCUT2D eigenvalue weighted by atomic mass is 19.4. The molecule has 1 aromatic heterocycles. The van der Waals surface area contributed by atoms with E-state index in [2.05, 4.69) is 19.9 Å². The van der Waals surface area contributed by atoms with Gasteiger partial charge in [0.1, 0.15) is 5.82 Å². The molecular weight excluding hydrogens is 277 g/mol. The van der Waals surface area contributed by atoms with Crippen molar-refractivity contribution in [3.63, 3.8) is 0 Å². The van der Waals surface area contributed by atoms with E-state index in [0.717, 1.165) is 0 Å². The molecular formula is C11H15F3N4O2. The highest BCUT2D eigenvalue weighted by Crippen LogP contribution is 2.25. The summed E-state index contributed by atoms with van der Waals surface area (Å²) in [6, 6.07) is 0. The van der Waals surface area contributed by atoms with Gasteiger partial charge in [0, 0.05) is 19.4 Å². The minimum absolute atomic E-state index is 0.0852. The lowest BCUT2D eigenvalue weighted by molar-refractivity contribution is -0.236. The number of alkyl halides is 3. The van der Waals surface area contributed by atoms with Crippen LogP contribution in [0.15, 0.2) is 0 Å². The third kappa shape index (κ3) is 3.69. The number of carbonyl (C=O) groups is 1. The zero-order valence-electron chi connectivity index (χ0n) is 10.9. The molecule has 1 saturated heterocycles. The highest BCUT2D eigenvalue weighted by molar-refractivity contribution is 5.76. The normalized spacial score (nSPS) is 20.2. The minimum atomic E-state index is -4.44. The van der Waals surface area contributed by atoms with Crippen molar-refractivity contribution in [1.29, 1.82) is 0 Å². The second-order valence-corrected chi connectivity index (χ2v) is 4.58. The van der Waals surface area contributed by atoms with Gasteiger partial charge in [-0.2, -0.15) is 18.3 Å². The van der Waals surface area contributed by atoms with Gasteiger partial charge in [-0.3, -0.25) is 9.89 Å². The van der Waals surface area contributed by atoms with E-state index in [-0.39, 0.29) is 25.5 Å². The molecule has 0 spiro atoms. The Kier molecular flexibility index (Phi) is 4.26. The average molecular weight is 292 g/mol. The van der Waals surface area contributed by atoms with Gasteiger partial charge in [-0.25, -0.2) is 4.98 Å². The Morgan fingerprint density at radius 1 is 1.55 bits per heavy atom. The fraction of sp³-hybridized carbons (Fsp3) is 0.727. The number of hydrogen-bond acceptors (Lipinski definition) is 4. The predicted octanol–water partition coefficient (Wildman–Crippen LogP) is 0.835. The third-order valence-electron chi connectivity index (χ3n) is 2.99. The van der Waals surface area contributed by atoms with Crippen molar-refractivity contribution in [3.05, 3.63) is 11.6 Å². The maximum atomic E-state index is 12.5. The van der Waals surface area contributed by atoms with Crippen LogP contribution in [0.1, 0.15) is 18.1 Å². The van der Waals surface area contributed by atoms with Crippen LogP contribution >= 0.6 is 0 Å². The first-order valence-electron chi connectivity index (χ1n) is 6.20. The molecule has 0 aromatic carbocycles. The molecule has 2 heterocycles. The van der Waals surface area contributed by atoms with E-state index >= 15 is 0 Å². The number of nitrogens with one attached hydrogen (secondary N) is 1. The Balaban J connectivity index is 1.86. The van der Waals surface area contributed by atoms with Gasteiger partial charge >= 0.3 is 6.18 Å². The topological polar surface area (TPSA) is 71.1 Å². The molecule has 112 valence electrons. The molecule has 1 aromatic rings. The van der Waals surface area contributed by atoms with Crippen LogP contribution in [0.4, 0.5) is 13.2 Å². The maximum Gasteiger partial charge on any atom is 0.416 e. The number of H-pyrrole nitrogens is 1. The summed E-state index contributed by atoms with van der Waals surface area (Å²) in [5, 5.41) is 6.52. The molecule has 0 bridgehead atoms. The number of amides is 1. The molecule has 6 nitrogen and oxygen atoms in total. The Labute approximate surface area is 113 Å². The van der Waals surface area contributed by atoms with Crippen LogP contribution in [-0.2, 0) is 16.0 Å². The van der Waals surface area contributed by atoms with Crippen molar-refractivity contribution in [1.82, 2.24) is 20.1 Å². The molecule has 9 heteroatoms. The largest absolute Gasteiger partial charge is 0.416 e. The molecule has 0 radical (unpaired) electrons. The number of morpholine rings is 1. The first-order chi connectivity index (χ1) is 9.36. The summed E-state index contributed by atoms with van der Waals surface area (Å²) in [6.07, 6.45) is -5.95. The monoisotopic (exact) mass is 292 g/mol. The number of carbonyl (C=O) groups excluding carboxylic acids is 1. The van der Waals surface area contributed by atoms with Crippen LogP contribution in [0.5, 0.6) is 0 Å². The summed E-state index contributed by atoms with van der Waals surface area (Å²) in [5.41, 5.74) is 0. The molecule has 1 fully saturated rings. The first-order valence-corrected chi connectivity index (χ1v) is 6.20. The molecule has 1 aliphatic rings. The summed E-state index contributed by atoms with van der Waals surface area (Å²) in [4.78, 5) is 17.1. The number of aryl methyl sites for hydroxylation is 2. The number of hydrogen-bond donors (Lipinski definition) is 1. The van der Waals surface area contributed by atoms with Crippen molar-refractivity contribution < 1.29 is 22.7 Å². The van der Waals surface area contributed by atoms with Gasteiger partial charge in [0.2, 0.25) is 5.91 Å². The molecule has 1 atom stereocenters. The highest BCUT2D eigenvalue weighted by Gasteiger charge is 2.44. The van der Waals surface area contributed by atoms with E-state index < -0.39 is 18.8 Å². The van der Waals surface area contributed by atoms with Crippen LogP contribution < -0.4 is 0 Å². The Morgan fingerprint density at radius 2 is 2.30 bits per heavy atom. The van der Waals surface area contributed by atoms with Gasteiger partial charge in [-0.05, 0) is 6.92 Å². The second kappa shape index (κ2) is 5.78. The van der Waals surface area contributed by atoms with Gasteiger partial charge in [-0.15, -0.1) is 0 Å². The van der Waals surface area contributed by atoms with Crippen LogP contribution in [0.2, 0.25) is 0 Å². The van der Waals surface area contributed by atoms with Crippen LogP contribution in [0.25, 0.3) is 0 Å². The number of nitrogens with zero attached hydrogens (tertiary/aromatic N) is 3. The van der Waals surface area contributed by atoms with Gasteiger partial charge < -0.3 is 9.64 Å². The van der Waals surface area contributed by atoms with Gasteiger partial charge in [-0.1, -0.05) is 0 Å². The number of aromatic amines is 1. The van der Waals surface area contributed by atoms with E-state index in [9.17, 15) is 18.0 Å². The Bertz CT molecular complexity index is 474. The summed E-state index contributed by atoms with van der Waals surface area (Å²) in [6.45, 7) is 1.36. The lowest BCUT2D eigenvalue weighted by atomic mass is 10.2. The van der Waals surface area contributed by atoms with Crippen LogP contribution in [0, 0.1) is 6.92 Å². The van der Waals surface area contributed by atoms with Crippen molar-refractivity contribution in [2.75, 3.05) is 19.7 Å². The maximum absolute atomic E-state index is 12.5. The third-order valence-corrected chi connectivity index (χ3v) is 2.99. The van der Waals surface area contributed by atoms with Crippen molar-refractivity contribution >= 4 is 5.91 Å². The second-order valence-electron chi connectivity index (χ2n) is 4.58.